The molecular weight excluding hydrogens is 901 g/mol. The minimum atomic E-state index is 0.410. The molecule has 3 fully saturated rings. The first kappa shape index (κ1) is 75.5. The fourth-order valence-electron chi connectivity index (χ4n) is 12.2. The summed E-state index contributed by atoms with van der Waals surface area (Å²) >= 11 is 0. The summed E-state index contributed by atoms with van der Waals surface area (Å²) in [4.78, 5) is 0. The van der Waals surface area contributed by atoms with Gasteiger partial charge in [0.2, 0.25) is 0 Å². The molecule has 3 saturated carbocycles. The van der Waals surface area contributed by atoms with Gasteiger partial charge in [-0.3, -0.25) is 0 Å². The molecule has 0 saturated heterocycles. The predicted octanol–water partition coefficient (Wildman–Crippen LogP) is 25.9. The first-order valence-electron chi connectivity index (χ1n) is 32.1. The van der Waals surface area contributed by atoms with Crippen LogP contribution in [-0.4, -0.2) is 0 Å². The molecule has 7 unspecified atom stereocenters. The van der Waals surface area contributed by atoms with E-state index in [1.54, 1.807) is 16.7 Å². The normalized spacial score (nSPS) is 24.9. The van der Waals surface area contributed by atoms with Crippen LogP contribution in [0.15, 0.2) is 65.3 Å². The molecule has 5 rings (SSSR count). The predicted molar refractivity (Wildman–Crippen MR) is 348 cm³/mol. The van der Waals surface area contributed by atoms with Crippen molar-refractivity contribution in [2.75, 3.05) is 0 Å². The van der Waals surface area contributed by atoms with E-state index in [0.717, 1.165) is 53.3 Å². The van der Waals surface area contributed by atoms with Gasteiger partial charge in [0.05, 0.1) is 0 Å². The van der Waals surface area contributed by atoms with Crippen molar-refractivity contribution in [1.82, 2.24) is 0 Å². The molecule has 0 spiro atoms. The molecule has 0 radical (unpaired) electrons. The van der Waals surface area contributed by atoms with Crippen molar-refractivity contribution in [3.8, 4) is 0 Å². The summed E-state index contributed by atoms with van der Waals surface area (Å²) in [7, 11) is 0. The van der Waals surface area contributed by atoms with Crippen molar-refractivity contribution < 1.29 is 0 Å². The van der Waals surface area contributed by atoms with Crippen molar-refractivity contribution in [3.05, 3.63) is 70.8 Å². The molecule has 0 heteroatoms. The average Bonchev–Trinajstić information content (AvgIpc) is 3.96. The Balaban J connectivity index is 0. The van der Waals surface area contributed by atoms with Crippen molar-refractivity contribution >= 4 is 0 Å². The van der Waals surface area contributed by atoms with Crippen molar-refractivity contribution in [2.45, 2.75) is 317 Å². The average molecular weight is 1040 g/mol. The van der Waals surface area contributed by atoms with Gasteiger partial charge in [-0.2, -0.15) is 0 Å². The van der Waals surface area contributed by atoms with Gasteiger partial charge in [0, 0.05) is 0 Å². The van der Waals surface area contributed by atoms with E-state index in [1.807, 2.05) is 0 Å². The van der Waals surface area contributed by atoms with Crippen molar-refractivity contribution in [3.63, 3.8) is 0 Å². The van der Waals surface area contributed by atoms with Gasteiger partial charge in [-0.15, -0.1) is 0 Å². The molecule has 0 aromatic heterocycles. The molecule has 0 nitrogen and oxygen atoms in total. The van der Waals surface area contributed by atoms with Gasteiger partial charge < -0.3 is 0 Å². The number of benzene rings is 1. The lowest BCUT2D eigenvalue weighted by atomic mass is 9.61. The van der Waals surface area contributed by atoms with Gasteiger partial charge in [-0.05, 0) is 188 Å². The van der Waals surface area contributed by atoms with E-state index >= 15 is 0 Å². The van der Waals surface area contributed by atoms with E-state index < -0.39 is 0 Å². The fraction of sp³-hybridized carbons (Fsp3) is 0.840. The van der Waals surface area contributed by atoms with Gasteiger partial charge >= 0.3 is 0 Å². The first-order valence-corrected chi connectivity index (χ1v) is 32.1. The Morgan fingerprint density at radius 1 is 0.680 bits per heavy atom. The van der Waals surface area contributed by atoms with Gasteiger partial charge in [-0.25, -0.2) is 0 Å². The van der Waals surface area contributed by atoms with E-state index in [0.29, 0.717) is 37.9 Å². The summed E-state index contributed by atoms with van der Waals surface area (Å²) in [6.45, 7) is 72.3. The van der Waals surface area contributed by atoms with Crippen molar-refractivity contribution in [2.24, 2.45) is 91.2 Å². The van der Waals surface area contributed by atoms with Gasteiger partial charge in [0.15, 0.2) is 0 Å². The Morgan fingerprint density at radius 2 is 1.21 bits per heavy atom. The number of unbranched alkanes of at least 4 members (excludes halogenated alkanes) is 1. The minimum absolute atomic E-state index is 0.410. The first-order chi connectivity index (χ1) is 34.1. The molecule has 1 aromatic carbocycles. The number of fused-ring (bicyclic) bond motifs is 3. The van der Waals surface area contributed by atoms with Crippen LogP contribution in [0.4, 0.5) is 0 Å². The highest BCUT2D eigenvalue weighted by atomic mass is 14.6. The molecule has 1 aromatic rings. The maximum atomic E-state index is 2.62. The summed E-state index contributed by atoms with van der Waals surface area (Å²) in [5, 5.41) is 0. The number of allylic oxidation sites excluding steroid dienone is 6. The van der Waals surface area contributed by atoms with Crippen LogP contribution < -0.4 is 0 Å². The molecule has 0 N–H and O–H groups in total. The van der Waals surface area contributed by atoms with E-state index in [2.05, 4.69) is 263 Å². The standard InChI is InChI=1S/C19H32.C14H26.C14H30.C13H20.C7H14.C5H12.C3H8/c1-12(2)15-10-17-13(3)8-16(19(5,6)7)9-14(4)18(17)11-15;1-9-11-7-10(14(9,5)6)8-12(11)13(2,3)4;1-8-14(7,13(4,5)6)11-9-10-12(2)3;1-13(2,3)11-7-10-12-8-5-4-6-9-12;1-3-5-7-6-4-2;1-5(2,3)4;1-3-2/h8,14,16-18H,9-11H2,1-7H3;9-12H,7-8H2,1-6H3;12H,8-11H2,1-7H3;4-6,8-9H,7,10-11H2,1-3H3;5,7H,3-4,6H2,1-2H3;1-4H3;3H2,1-2H3/t;9?,10-,11-,12?;;;;;/m.0...../s1. The summed E-state index contributed by atoms with van der Waals surface area (Å²) < 4.78 is 0. The highest BCUT2D eigenvalue weighted by Gasteiger charge is 2.57. The molecule has 4 aliphatic carbocycles. The molecular formula is C75H142. The van der Waals surface area contributed by atoms with Crippen LogP contribution in [0.3, 0.4) is 0 Å². The van der Waals surface area contributed by atoms with Crippen molar-refractivity contribution in [1.29, 1.82) is 0 Å². The molecule has 4 aliphatic rings. The maximum Gasteiger partial charge on any atom is -0.0135 e. The van der Waals surface area contributed by atoms with E-state index in [9.17, 15) is 0 Å². The highest BCUT2D eigenvalue weighted by molar-refractivity contribution is 5.25. The van der Waals surface area contributed by atoms with E-state index in [-0.39, 0.29) is 0 Å². The van der Waals surface area contributed by atoms with Crippen LogP contribution in [0.5, 0.6) is 0 Å². The molecule has 0 aliphatic heterocycles. The topological polar surface area (TPSA) is 0 Å². The van der Waals surface area contributed by atoms with Crippen LogP contribution >= 0.6 is 0 Å². The van der Waals surface area contributed by atoms with Gasteiger partial charge in [0.1, 0.15) is 0 Å². The number of aryl methyl sites for hydroxylation is 1. The quantitative estimate of drug-likeness (QED) is 0.194. The lowest BCUT2D eigenvalue weighted by Crippen LogP contribution is -2.37. The third kappa shape index (κ3) is 30.6. The summed E-state index contributed by atoms with van der Waals surface area (Å²) in [5.41, 5.74) is 9.95. The van der Waals surface area contributed by atoms with E-state index in [4.69, 9.17) is 0 Å². The second-order valence-corrected chi connectivity index (χ2v) is 32.5. The molecule has 0 heterocycles. The van der Waals surface area contributed by atoms with Gasteiger partial charge in [0.25, 0.3) is 0 Å². The zero-order chi connectivity index (χ0) is 59.0. The van der Waals surface area contributed by atoms with Crippen LogP contribution in [0.1, 0.15) is 317 Å². The second-order valence-electron chi connectivity index (χ2n) is 32.5. The van der Waals surface area contributed by atoms with Crippen LogP contribution in [0, 0.1) is 91.2 Å². The lowest BCUT2D eigenvalue weighted by Gasteiger charge is -2.44. The third-order valence-corrected chi connectivity index (χ3v) is 18.5. The monoisotopic (exact) mass is 1040 g/mol. The highest BCUT2D eigenvalue weighted by Crippen LogP contribution is 2.64. The van der Waals surface area contributed by atoms with Crippen LogP contribution in [-0.2, 0) is 6.42 Å². The zero-order valence-electron chi connectivity index (χ0n) is 57.6. The van der Waals surface area contributed by atoms with E-state index in [1.165, 1.54) is 108 Å². The third-order valence-electron chi connectivity index (χ3n) is 18.5. The minimum Gasteiger partial charge on any atom is -0.0888 e. The van der Waals surface area contributed by atoms with Crippen LogP contribution in [0.2, 0.25) is 0 Å². The maximum absolute atomic E-state index is 2.62. The summed E-state index contributed by atoms with van der Waals surface area (Å²) in [6, 6.07) is 10.7. The fourth-order valence-corrected chi connectivity index (χ4v) is 12.2. The number of hydrogen-bond acceptors (Lipinski definition) is 0. The Morgan fingerprint density at radius 3 is 1.60 bits per heavy atom. The molecule has 75 heavy (non-hydrogen) atoms. The zero-order valence-corrected chi connectivity index (χ0v) is 57.6. The Kier molecular flexibility index (Phi) is 34.8. The Labute approximate surface area is 477 Å². The smallest absolute Gasteiger partial charge is 0.0135 e. The Bertz CT molecular complexity index is 1670. The second kappa shape index (κ2) is 34.6. The van der Waals surface area contributed by atoms with Crippen LogP contribution in [0.25, 0.3) is 0 Å². The lowest BCUT2D eigenvalue weighted by molar-refractivity contribution is 0.0442. The van der Waals surface area contributed by atoms with Gasteiger partial charge in [-0.1, -0.05) is 291 Å². The number of hydrogen-bond donors (Lipinski definition) is 0. The Hall–Kier alpha value is -1.56. The molecule has 0 amide bonds. The summed E-state index contributed by atoms with van der Waals surface area (Å²) in [5.74, 6) is 8.13. The summed E-state index contributed by atoms with van der Waals surface area (Å²) in [6.07, 6.45) is 28.4. The molecule has 2 bridgehead atoms. The largest absolute Gasteiger partial charge is 0.0888 e. The number of rotatable bonds is 11. The SMILES string of the molecule is CC(C)(C)C.CC(C)(C)CCCc1ccccc1.CC1=CC(C(C)(C)C)CC(C)C2CC(=C(C)C)CC12.CC1[C@@H]2C[C@@H](CC2C(C)(C)C)C1(C)C.CCC.CCC(C)(CCCC(C)C)C(C)(C)C.CCC=CCCC. The molecule has 442 valence electrons. The molecule has 9 atom stereocenters.